The van der Waals surface area contributed by atoms with Crippen molar-refractivity contribution in [3.05, 3.63) is 59.3 Å². The minimum absolute atomic E-state index is 0.184. The van der Waals surface area contributed by atoms with E-state index >= 15 is 0 Å². The molecule has 0 amide bonds. The molecule has 21 heavy (non-hydrogen) atoms. The summed E-state index contributed by atoms with van der Waals surface area (Å²) in [6, 6.07) is 11.2. The third kappa shape index (κ3) is 3.73. The van der Waals surface area contributed by atoms with Gasteiger partial charge in [0.25, 0.3) is 0 Å². The first kappa shape index (κ1) is 14.3. The second-order valence-corrected chi connectivity index (χ2v) is 6.24. The Morgan fingerprint density at radius 3 is 2.62 bits per heavy atom. The Balaban J connectivity index is 1.48. The summed E-state index contributed by atoms with van der Waals surface area (Å²) in [6.45, 7) is 5.13. The summed E-state index contributed by atoms with van der Waals surface area (Å²) in [5.41, 5.74) is 1.14. The van der Waals surface area contributed by atoms with E-state index in [0.717, 1.165) is 36.0 Å². The second kappa shape index (κ2) is 6.02. The van der Waals surface area contributed by atoms with Crippen LogP contribution in [-0.4, -0.2) is 6.04 Å². The monoisotopic (exact) mass is 287 g/mol. The lowest BCUT2D eigenvalue weighted by atomic mass is 10.1. The molecule has 1 N–H and O–H groups in total. The van der Waals surface area contributed by atoms with E-state index in [0.29, 0.717) is 12.0 Å². The van der Waals surface area contributed by atoms with Crippen molar-refractivity contribution < 1.29 is 8.81 Å². The maximum absolute atomic E-state index is 12.9. The average Bonchev–Trinajstić information content (AvgIpc) is 3.01. The molecular weight excluding hydrogens is 265 g/mol. The van der Waals surface area contributed by atoms with Gasteiger partial charge >= 0.3 is 0 Å². The van der Waals surface area contributed by atoms with Crippen LogP contribution in [0, 0.1) is 11.7 Å². The van der Waals surface area contributed by atoms with Gasteiger partial charge in [-0.25, -0.2) is 4.39 Å². The van der Waals surface area contributed by atoms with Gasteiger partial charge in [-0.2, -0.15) is 0 Å². The highest BCUT2D eigenvalue weighted by Gasteiger charge is 2.36. The van der Waals surface area contributed by atoms with Crippen molar-refractivity contribution >= 4 is 0 Å². The summed E-state index contributed by atoms with van der Waals surface area (Å²) in [4.78, 5) is 0. The fourth-order valence-electron chi connectivity index (χ4n) is 2.73. The summed E-state index contributed by atoms with van der Waals surface area (Å²) in [5.74, 6) is 3.35. The van der Waals surface area contributed by atoms with Crippen molar-refractivity contribution in [2.75, 3.05) is 0 Å². The van der Waals surface area contributed by atoms with Gasteiger partial charge in [0.2, 0.25) is 0 Å². The van der Waals surface area contributed by atoms with Crippen LogP contribution in [0.1, 0.15) is 43.3 Å². The molecule has 1 fully saturated rings. The molecule has 2 aromatic rings. The zero-order chi connectivity index (χ0) is 14.8. The number of hydrogen-bond donors (Lipinski definition) is 1. The van der Waals surface area contributed by atoms with Gasteiger partial charge in [-0.15, -0.1) is 0 Å². The molecule has 3 atom stereocenters. The fraction of sp³-hybridized carbons (Fsp3) is 0.444. The van der Waals surface area contributed by atoms with E-state index < -0.39 is 0 Å². The number of benzene rings is 1. The predicted octanol–water partition coefficient (Wildman–Crippen LogP) is 4.26. The quantitative estimate of drug-likeness (QED) is 0.858. The van der Waals surface area contributed by atoms with E-state index in [2.05, 4.69) is 31.3 Å². The van der Waals surface area contributed by atoms with E-state index in [9.17, 15) is 4.39 Å². The molecule has 1 aliphatic carbocycles. The number of rotatable bonds is 6. The molecule has 3 rings (SSSR count). The molecule has 112 valence electrons. The molecule has 3 unspecified atom stereocenters. The van der Waals surface area contributed by atoms with Crippen LogP contribution >= 0.6 is 0 Å². The van der Waals surface area contributed by atoms with Crippen LogP contribution in [0.3, 0.4) is 0 Å². The highest BCUT2D eigenvalue weighted by atomic mass is 19.1. The second-order valence-electron chi connectivity index (χ2n) is 6.24. The zero-order valence-corrected chi connectivity index (χ0v) is 12.6. The van der Waals surface area contributed by atoms with Crippen molar-refractivity contribution in [3.8, 4) is 0 Å². The summed E-state index contributed by atoms with van der Waals surface area (Å²) < 4.78 is 18.7. The van der Waals surface area contributed by atoms with E-state index in [1.165, 1.54) is 18.6 Å². The molecule has 3 heteroatoms. The molecule has 0 aliphatic heterocycles. The van der Waals surface area contributed by atoms with Crippen molar-refractivity contribution in [1.29, 1.82) is 0 Å². The standard InChI is InChI=1S/C18H22FNO/c1-12-9-17(12)18-8-7-16(21-18)11-20-13(2)10-14-3-5-15(19)6-4-14/h3-8,12-13,17,20H,9-11H2,1-2H3. The van der Waals surface area contributed by atoms with Crippen LogP contribution < -0.4 is 5.32 Å². The Bertz CT molecular complexity index is 590. The summed E-state index contributed by atoms with van der Waals surface area (Å²) >= 11 is 0. The fourth-order valence-corrected chi connectivity index (χ4v) is 2.73. The van der Waals surface area contributed by atoms with E-state index in [1.54, 1.807) is 0 Å². The van der Waals surface area contributed by atoms with Gasteiger partial charge in [0.15, 0.2) is 0 Å². The largest absolute Gasteiger partial charge is 0.464 e. The molecule has 0 saturated heterocycles. The minimum atomic E-state index is -0.184. The molecule has 1 saturated carbocycles. The molecule has 0 radical (unpaired) electrons. The molecule has 0 spiro atoms. The molecule has 1 aliphatic rings. The average molecular weight is 287 g/mol. The number of halogens is 1. The molecule has 1 aromatic carbocycles. The van der Waals surface area contributed by atoms with Crippen molar-refractivity contribution in [1.82, 2.24) is 5.32 Å². The van der Waals surface area contributed by atoms with Crippen LogP contribution in [0.2, 0.25) is 0 Å². The van der Waals surface area contributed by atoms with Gasteiger partial charge in [-0.3, -0.25) is 0 Å². The lowest BCUT2D eigenvalue weighted by molar-refractivity contribution is 0.426. The molecule has 2 nitrogen and oxygen atoms in total. The Morgan fingerprint density at radius 1 is 1.24 bits per heavy atom. The van der Waals surface area contributed by atoms with Gasteiger partial charge in [0.1, 0.15) is 17.3 Å². The van der Waals surface area contributed by atoms with Crippen molar-refractivity contribution in [2.24, 2.45) is 5.92 Å². The Morgan fingerprint density at radius 2 is 1.95 bits per heavy atom. The van der Waals surface area contributed by atoms with Crippen LogP contribution in [-0.2, 0) is 13.0 Å². The first-order chi connectivity index (χ1) is 10.1. The van der Waals surface area contributed by atoms with Gasteiger partial charge in [0, 0.05) is 12.0 Å². The zero-order valence-electron chi connectivity index (χ0n) is 12.6. The Labute approximate surface area is 125 Å². The van der Waals surface area contributed by atoms with Crippen LogP contribution in [0.5, 0.6) is 0 Å². The van der Waals surface area contributed by atoms with Crippen LogP contribution in [0.25, 0.3) is 0 Å². The van der Waals surface area contributed by atoms with Gasteiger partial charge in [0.05, 0.1) is 6.54 Å². The maximum atomic E-state index is 12.9. The van der Waals surface area contributed by atoms with Crippen LogP contribution in [0.15, 0.2) is 40.8 Å². The highest BCUT2D eigenvalue weighted by molar-refractivity contribution is 5.18. The van der Waals surface area contributed by atoms with E-state index in [4.69, 9.17) is 4.42 Å². The van der Waals surface area contributed by atoms with Gasteiger partial charge < -0.3 is 9.73 Å². The van der Waals surface area contributed by atoms with E-state index in [-0.39, 0.29) is 5.82 Å². The van der Waals surface area contributed by atoms with Crippen LogP contribution in [0.4, 0.5) is 4.39 Å². The summed E-state index contributed by atoms with van der Waals surface area (Å²) in [7, 11) is 0. The topological polar surface area (TPSA) is 25.2 Å². The smallest absolute Gasteiger partial charge is 0.123 e. The predicted molar refractivity (Wildman–Crippen MR) is 81.6 cm³/mol. The van der Waals surface area contributed by atoms with E-state index in [1.807, 2.05) is 12.1 Å². The molecule has 0 bridgehead atoms. The summed E-state index contributed by atoms with van der Waals surface area (Å²) in [6.07, 6.45) is 2.13. The van der Waals surface area contributed by atoms with Crippen molar-refractivity contribution in [2.45, 2.75) is 45.2 Å². The third-order valence-electron chi connectivity index (χ3n) is 4.24. The summed E-state index contributed by atoms with van der Waals surface area (Å²) in [5, 5.41) is 3.46. The lowest BCUT2D eigenvalue weighted by Crippen LogP contribution is -2.27. The first-order valence-electron chi connectivity index (χ1n) is 7.68. The Kier molecular flexibility index (Phi) is 4.11. The number of hydrogen-bond acceptors (Lipinski definition) is 2. The Hall–Kier alpha value is -1.61. The first-order valence-corrected chi connectivity index (χ1v) is 7.68. The molecule has 1 heterocycles. The van der Waals surface area contributed by atoms with Gasteiger partial charge in [-0.1, -0.05) is 19.1 Å². The maximum Gasteiger partial charge on any atom is 0.123 e. The number of nitrogens with one attached hydrogen (secondary N) is 1. The number of furan rings is 1. The molecular formula is C18H22FNO. The molecule has 1 aromatic heterocycles. The SMILES string of the molecule is CC(Cc1ccc(F)cc1)NCc1ccc(C2CC2C)o1. The minimum Gasteiger partial charge on any atom is -0.464 e. The van der Waals surface area contributed by atoms with Crippen molar-refractivity contribution in [3.63, 3.8) is 0 Å². The normalized spacial score (nSPS) is 22.2. The van der Waals surface area contributed by atoms with Gasteiger partial charge in [-0.05, 0) is 55.5 Å². The third-order valence-corrected chi connectivity index (χ3v) is 4.24. The lowest BCUT2D eigenvalue weighted by Gasteiger charge is -2.12. The highest BCUT2D eigenvalue weighted by Crippen LogP contribution is 2.47.